The monoisotopic (exact) mass is 273 g/mol. The highest BCUT2D eigenvalue weighted by atomic mass is 32.1. The van der Waals surface area contributed by atoms with Gasteiger partial charge in [-0.05, 0) is 12.1 Å². The van der Waals surface area contributed by atoms with Crippen molar-refractivity contribution in [2.75, 3.05) is 0 Å². The maximum Gasteiger partial charge on any atom is 0.303 e. The number of thiazole rings is 1. The molecule has 0 saturated carbocycles. The number of carboxylic acids is 1. The van der Waals surface area contributed by atoms with Crippen LogP contribution >= 0.6 is 11.3 Å². The van der Waals surface area contributed by atoms with Gasteiger partial charge in [-0.25, -0.2) is 4.98 Å². The van der Waals surface area contributed by atoms with E-state index in [1.807, 2.05) is 35.7 Å². The van der Waals surface area contributed by atoms with Gasteiger partial charge in [-0.15, -0.1) is 11.3 Å². The third-order valence-corrected chi connectivity index (χ3v) is 3.69. The Balaban J connectivity index is 1.87. The molecule has 0 atom stereocenters. The van der Waals surface area contributed by atoms with Gasteiger partial charge in [0.1, 0.15) is 5.58 Å². The summed E-state index contributed by atoms with van der Waals surface area (Å²) in [6.45, 7) is 0. The third kappa shape index (κ3) is 2.51. The number of hydrogen-bond acceptors (Lipinski definition) is 4. The molecule has 1 N–H and O–H groups in total. The van der Waals surface area contributed by atoms with E-state index in [-0.39, 0.29) is 6.42 Å². The Morgan fingerprint density at radius 1 is 1.37 bits per heavy atom. The molecule has 4 nitrogen and oxygen atoms in total. The predicted octanol–water partition coefficient (Wildman–Crippen LogP) is 3.57. The summed E-state index contributed by atoms with van der Waals surface area (Å²) in [6.07, 6.45) is 0.551. The van der Waals surface area contributed by atoms with Crippen molar-refractivity contribution >= 4 is 28.3 Å². The van der Waals surface area contributed by atoms with Crippen molar-refractivity contribution in [1.82, 2.24) is 4.98 Å². The summed E-state index contributed by atoms with van der Waals surface area (Å²) in [5, 5.41) is 12.4. The van der Waals surface area contributed by atoms with Crippen molar-refractivity contribution in [3.63, 3.8) is 0 Å². The lowest BCUT2D eigenvalue weighted by atomic mass is 10.2. The fraction of sp³-hybridized carbons (Fsp3) is 0.143. The van der Waals surface area contributed by atoms with E-state index >= 15 is 0 Å². The molecule has 5 heteroatoms. The Morgan fingerprint density at radius 2 is 2.21 bits per heavy atom. The first-order chi connectivity index (χ1) is 9.22. The van der Waals surface area contributed by atoms with Crippen molar-refractivity contribution in [3.8, 4) is 10.8 Å². The van der Waals surface area contributed by atoms with E-state index in [0.29, 0.717) is 6.42 Å². The van der Waals surface area contributed by atoms with E-state index in [1.54, 1.807) is 0 Å². The van der Waals surface area contributed by atoms with Crippen molar-refractivity contribution in [2.24, 2.45) is 0 Å². The third-order valence-electron chi connectivity index (χ3n) is 2.78. The van der Waals surface area contributed by atoms with Gasteiger partial charge in [0.05, 0.1) is 12.1 Å². The summed E-state index contributed by atoms with van der Waals surface area (Å²) < 4.78 is 5.72. The second-order valence-corrected chi connectivity index (χ2v) is 5.04. The number of hydrogen-bond donors (Lipinski definition) is 1. The van der Waals surface area contributed by atoms with Gasteiger partial charge in [0, 0.05) is 17.2 Å². The van der Waals surface area contributed by atoms with E-state index in [2.05, 4.69) is 4.98 Å². The van der Waals surface area contributed by atoms with Gasteiger partial charge in [-0.2, -0.15) is 0 Å². The lowest BCUT2D eigenvalue weighted by Crippen LogP contribution is -1.97. The molecular weight excluding hydrogens is 262 g/mol. The van der Waals surface area contributed by atoms with Crippen LogP contribution in [-0.2, 0) is 11.2 Å². The summed E-state index contributed by atoms with van der Waals surface area (Å²) in [5.74, 6) is -0.0777. The van der Waals surface area contributed by atoms with Crippen LogP contribution in [0.15, 0.2) is 40.1 Å². The molecule has 2 aromatic heterocycles. The maximum atomic E-state index is 10.5. The first kappa shape index (κ1) is 11.9. The molecule has 3 rings (SSSR count). The molecule has 0 radical (unpaired) electrons. The molecule has 0 unspecified atom stereocenters. The normalized spacial score (nSPS) is 10.9. The summed E-state index contributed by atoms with van der Waals surface area (Å²) >= 11 is 1.47. The number of rotatable bonds is 4. The molecule has 0 amide bonds. The fourth-order valence-corrected chi connectivity index (χ4v) is 2.66. The van der Waals surface area contributed by atoms with Crippen LogP contribution in [0.1, 0.15) is 12.1 Å². The molecule has 0 aliphatic rings. The van der Waals surface area contributed by atoms with E-state index < -0.39 is 5.97 Å². The van der Waals surface area contributed by atoms with Crippen molar-refractivity contribution in [3.05, 3.63) is 41.4 Å². The van der Waals surface area contributed by atoms with Crippen molar-refractivity contribution in [1.29, 1.82) is 0 Å². The smallest absolute Gasteiger partial charge is 0.303 e. The second-order valence-electron chi connectivity index (χ2n) is 4.19. The molecule has 0 bridgehead atoms. The summed E-state index contributed by atoms with van der Waals surface area (Å²) in [4.78, 5) is 14.9. The van der Waals surface area contributed by atoms with Gasteiger partial charge >= 0.3 is 5.97 Å². The lowest BCUT2D eigenvalue weighted by molar-refractivity contribution is -0.136. The number of aliphatic carboxylic acids is 1. The minimum Gasteiger partial charge on any atom is -0.481 e. The summed E-state index contributed by atoms with van der Waals surface area (Å²) in [7, 11) is 0. The lowest BCUT2D eigenvalue weighted by Gasteiger charge is -1.91. The first-order valence-corrected chi connectivity index (χ1v) is 6.75. The standard InChI is InChI=1S/C14H11NO3S/c16-13(17)6-5-10-8-19-14(15-10)12-7-9-3-1-2-4-11(9)18-12/h1-4,7-8H,5-6H2,(H,16,17). The zero-order chi connectivity index (χ0) is 13.2. The summed E-state index contributed by atoms with van der Waals surface area (Å²) in [6, 6.07) is 9.74. The molecule has 2 heterocycles. The highest BCUT2D eigenvalue weighted by molar-refractivity contribution is 7.13. The fourth-order valence-electron chi connectivity index (χ4n) is 1.86. The van der Waals surface area contributed by atoms with Crippen LogP contribution in [-0.4, -0.2) is 16.1 Å². The average Bonchev–Trinajstić information content (AvgIpc) is 3.02. The highest BCUT2D eigenvalue weighted by Crippen LogP contribution is 2.30. The SMILES string of the molecule is O=C(O)CCc1csc(-c2cc3ccccc3o2)n1. The first-order valence-electron chi connectivity index (χ1n) is 5.87. The minimum absolute atomic E-state index is 0.100. The van der Waals surface area contributed by atoms with E-state index in [9.17, 15) is 4.79 Å². The van der Waals surface area contributed by atoms with Crippen molar-refractivity contribution < 1.29 is 14.3 Å². The maximum absolute atomic E-state index is 10.5. The average molecular weight is 273 g/mol. The molecule has 0 saturated heterocycles. The topological polar surface area (TPSA) is 63.3 Å². The zero-order valence-electron chi connectivity index (χ0n) is 10.00. The van der Waals surface area contributed by atoms with Gasteiger partial charge in [0.25, 0.3) is 0 Å². The Labute approximate surface area is 113 Å². The Hall–Kier alpha value is -2.14. The van der Waals surface area contributed by atoms with Gasteiger partial charge in [-0.1, -0.05) is 18.2 Å². The van der Waals surface area contributed by atoms with E-state index in [4.69, 9.17) is 9.52 Å². The van der Waals surface area contributed by atoms with Crippen LogP contribution in [0.25, 0.3) is 21.7 Å². The molecule has 0 aliphatic carbocycles. The molecule has 3 aromatic rings. The molecule has 19 heavy (non-hydrogen) atoms. The zero-order valence-corrected chi connectivity index (χ0v) is 10.8. The van der Waals surface area contributed by atoms with Gasteiger partial charge in [0.15, 0.2) is 10.8 Å². The quantitative estimate of drug-likeness (QED) is 0.789. The number of fused-ring (bicyclic) bond motifs is 1. The Kier molecular flexibility index (Phi) is 3.05. The molecule has 1 aromatic carbocycles. The molecule has 0 fully saturated rings. The number of benzene rings is 1. The Bertz CT molecular complexity index is 696. The molecule has 96 valence electrons. The highest BCUT2D eigenvalue weighted by Gasteiger charge is 2.10. The predicted molar refractivity (Wildman–Crippen MR) is 73.3 cm³/mol. The van der Waals surface area contributed by atoms with Crippen LogP contribution in [0.3, 0.4) is 0 Å². The van der Waals surface area contributed by atoms with Crippen LogP contribution < -0.4 is 0 Å². The number of aryl methyl sites for hydroxylation is 1. The van der Waals surface area contributed by atoms with E-state index in [0.717, 1.165) is 27.4 Å². The van der Waals surface area contributed by atoms with Crippen LogP contribution in [0.4, 0.5) is 0 Å². The van der Waals surface area contributed by atoms with Crippen LogP contribution in [0.5, 0.6) is 0 Å². The molecule has 0 spiro atoms. The van der Waals surface area contributed by atoms with Gasteiger partial charge in [0.2, 0.25) is 0 Å². The van der Waals surface area contributed by atoms with Gasteiger partial charge in [-0.3, -0.25) is 4.79 Å². The molecule has 0 aliphatic heterocycles. The number of carbonyl (C=O) groups is 1. The largest absolute Gasteiger partial charge is 0.481 e. The molecular formula is C14H11NO3S. The van der Waals surface area contributed by atoms with Crippen LogP contribution in [0, 0.1) is 0 Å². The number of nitrogens with zero attached hydrogens (tertiary/aromatic N) is 1. The van der Waals surface area contributed by atoms with Crippen LogP contribution in [0.2, 0.25) is 0 Å². The number of aromatic nitrogens is 1. The van der Waals surface area contributed by atoms with E-state index in [1.165, 1.54) is 11.3 Å². The Morgan fingerprint density at radius 3 is 3.00 bits per heavy atom. The number of furan rings is 1. The second kappa shape index (κ2) is 4.85. The number of carboxylic acid groups (broad SMARTS) is 1. The number of para-hydroxylation sites is 1. The minimum atomic E-state index is -0.807. The van der Waals surface area contributed by atoms with Crippen molar-refractivity contribution in [2.45, 2.75) is 12.8 Å². The summed E-state index contributed by atoms with van der Waals surface area (Å²) in [5.41, 5.74) is 1.63. The van der Waals surface area contributed by atoms with Gasteiger partial charge < -0.3 is 9.52 Å².